The molecule has 0 aliphatic carbocycles. The maximum absolute atomic E-state index is 10.7. The Morgan fingerprint density at radius 2 is 1.70 bits per heavy atom. The molecular formula is C24H30N4O2. The molecule has 2 aromatic rings. The minimum absolute atomic E-state index is 0.0403. The lowest BCUT2D eigenvalue weighted by atomic mass is 9.81. The van der Waals surface area contributed by atoms with Crippen molar-refractivity contribution in [3.63, 3.8) is 0 Å². The molecule has 0 amide bonds. The molecule has 2 aromatic heterocycles. The maximum atomic E-state index is 10.7. The summed E-state index contributed by atoms with van der Waals surface area (Å²) >= 11 is 0. The first kappa shape index (κ1) is 21.7. The molecule has 0 radical (unpaired) electrons. The molecule has 0 saturated heterocycles. The van der Waals surface area contributed by atoms with Crippen LogP contribution in [0.2, 0.25) is 0 Å². The van der Waals surface area contributed by atoms with Gasteiger partial charge >= 0.3 is 0 Å². The first-order valence-corrected chi connectivity index (χ1v) is 10.3. The van der Waals surface area contributed by atoms with Crippen LogP contribution in [-0.4, -0.2) is 40.0 Å². The lowest BCUT2D eigenvalue weighted by Gasteiger charge is -2.24. The molecule has 6 heteroatoms. The topological polar surface area (TPSA) is 90.4 Å². The zero-order valence-electron chi connectivity index (χ0n) is 18.1. The van der Waals surface area contributed by atoms with E-state index >= 15 is 0 Å². The van der Waals surface area contributed by atoms with E-state index in [0.29, 0.717) is 11.4 Å². The number of nitrogens with zero attached hydrogens (tertiary/aromatic N) is 2. The van der Waals surface area contributed by atoms with Crippen LogP contribution in [-0.2, 0) is 16.0 Å². The zero-order valence-corrected chi connectivity index (χ0v) is 18.1. The average Bonchev–Trinajstić information content (AvgIpc) is 3.46. The molecule has 0 spiro atoms. The third-order valence-electron chi connectivity index (χ3n) is 5.70. The van der Waals surface area contributed by atoms with E-state index in [0.717, 1.165) is 43.2 Å². The van der Waals surface area contributed by atoms with Crippen LogP contribution >= 0.6 is 0 Å². The van der Waals surface area contributed by atoms with Gasteiger partial charge in [-0.15, -0.1) is 0 Å². The summed E-state index contributed by atoms with van der Waals surface area (Å²) in [6.45, 7) is 8.53. The summed E-state index contributed by atoms with van der Waals surface area (Å²) in [5, 5.41) is 0. The standard InChI is InChI=1S/C12H16N2O.C12H14N2O/c2*1-12(2)7-10(8-15)14-11(12)6-9-4-3-5-13-9/h3-5,8,11,13H,6-7H2,1-2H3;3-6,8,13H,7H2,1-2H3/b;11-6-. The molecule has 2 aliphatic heterocycles. The molecule has 0 aromatic carbocycles. The van der Waals surface area contributed by atoms with Gasteiger partial charge in [-0.05, 0) is 42.2 Å². The number of aromatic amines is 2. The average molecular weight is 407 g/mol. The Balaban J connectivity index is 0.000000171. The largest absolute Gasteiger partial charge is 0.365 e. The highest BCUT2D eigenvalue weighted by molar-refractivity contribution is 6.30. The van der Waals surface area contributed by atoms with E-state index in [9.17, 15) is 9.59 Å². The van der Waals surface area contributed by atoms with Crippen LogP contribution in [0.25, 0.3) is 6.08 Å². The van der Waals surface area contributed by atoms with Crippen LogP contribution in [0.4, 0.5) is 0 Å². The summed E-state index contributed by atoms with van der Waals surface area (Å²) in [6.07, 6.45) is 9.92. The van der Waals surface area contributed by atoms with Gasteiger partial charge in [-0.3, -0.25) is 19.6 Å². The second-order valence-electron chi connectivity index (χ2n) is 9.26. The monoisotopic (exact) mass is 406 g/mol. The minimum Gasteiger partial charge on any atom is -0.365 e. The lowest BCUT2D eigenvalue weighted by molar-refractivity contribution is -0.103. The van der Waals surface area contributed by atoms with Gasteiger partial charge in [0.2, 0.25) is 0 Å². The highest BCUT2D eigenvalue weighted by atomic mass is 16.1. The van der Waals surface area contributed by atoms with Gasteiger partial charge in [0, 0.05) is 47.7 Å². The van der Waals surface area contributed by atoms with Crippen molar-refractivity contribution in [2.24, 2.45) is 20.8 Å². The van der Waals surface area contributed by atoms with Gasteiger partial charge < -0.3 is 9.97 Å². The van der Waals surface area contributed by atoms with E-state index < -0.39 is 0 Å². The lowest BCUT2D eigenvalue weighted by Crippen LogP contribution is -2.25. The number of allylic oxidation sites excluding steroid dienone is 1. The molecule has 1 unspecified atom stereocenters. The maximum Gasteiger partial charge on any atom is 0.164 e. The summed E-state index contributed by atoms with van der Waals surface area (Å²) < 4.78 is 0. The number of hydrogen-bond donors (Lipinski definition) is 2. The summed E-state index contributed by atoms with van der Waals surface area (Å²) in [6, 6.07) is 8.19. The summed E-state index contributed by atoms with van der Waals surface area (Å²) in [5.74, 6) is 0. The fourth-order valence-electron chi connectivity index (χ4n) is 3.87. The zero-order chi connectivity index (χ0) is 21.8. The molecule has 1 atom stereocenters. The number of carbonyl (C=O) groups is 2. The van der Waals surface area contributed by atoms with Gasteiger partial charge in [0.1, 0.15) is 0 Å². The van der Waals surface area contributed by atoms with E-state index in [2.05, 4.69) is 53.7 Å². The van der Waals surface area contributed by atoms with Crippen LogP contribution in [0.15, 0.2) is 52.3 Å². The van der Waals surface area contributed by atoms with Crippen molar-refractivity contribution in [2.45, 2.75) is 53.0 Å². The van der Waals surface area contributed by atoms with E-state index in [4.69, 9.17) is 0 Å². The van der Waals surface area contributed by atoms with E-state index in [1.807, 2.05) is 36.7 Å². The van der Waals surface area contributed by atoms with Crippen molar-refractivity contribution in [2.75, 3.05) is 0 Å². The SMILES string of the molecule is CC1(C)CC(C=O)=N/C1=C\c1ccc[nH]1.CC1(C)CC(C=O)=NC1Cc1ccc[nH]1. The normalized spacial score (nSPS) is 22.8. The summed E-state index contributed by atoms with van der Waals surface area (Å²) in [4.78, 5) is 36.4. The molecule has 2 N–H and O–H groups in total. The number of carbonyl (C=O) groups excluding carboxylic acids is 2. The Bertz CT molecular complexity index is 961. The second-order valence-corrected chi connectivity index (χ2v) is 9.26. The highest BCUT2D eigenvalue weighted by Gasteiger charge is 2.36. The van der Waals surface area contributed by atoms with Crippen molar-refractivity contribution in [3.05, 3.63) is 53.7 Å². The molecule has 0 saturated carbocycles. The molecule has 30 heavy (non-hydrogen) atoms. The summed E-state index contributed by atoms with van der Waals surface area (Å²) in [5.41, 5.74) is 4.57. The molecule has 6 nitrogen and oxygen atoms in total. The number of hydrogen-bond acceptors (Lipinski definition) is 4. The number of aldehydes is 2. The molecule has 2 aliphatic rings. The molecule has 0 fully saturated rings. The van der Waals surface area contributed by atoms with Gasteiger partial charge in [-0.2, -0.15) is 0 Å². The van der Waals surface area contributed by atoms with Crippen molar-refractivity contribution >= 4 is 30.1 Å². The van der Waals surface area contributed by atoms with Crippen LogP contribution in [0.3, 0.4) is 0 Å². The van der Waals surface area contributed by atoms with Crippen LogP contribution in [0, 0.1) is 10.8 Å². The van der Waals surface area contributed by atoms with Crippen molar-refractivity contribution in [1.82, 2.24) is 9.97 Å². The van der Waals surface area contributed by atoms with Crippen LogP contribution in [0.5, 0.6) is 0 Å². The molecule has 4 rings (SSSR count). The second kappa shape index (κ2) is 8.78. The minimum atomic E-state index is -0.0403. The number of nitrogens with one attached hydrogen (secondary N) is 2. The fourth-order valence-corrected chi connectivity index (χ4v) is 3.87. The van der Waals surface area contributed by atoms with Crippen molar-refractivity contribution in [1.29, 1.82) is 0 Å². The third-order valence-corrected chi connectivity index (χ3v) is 5.70. The predicted molar refractivity (Wildman–Crippen MR) is 121 cm³/mol. The van der Waals surface area contributed by atoms with Crippen LogP contribution < -0.4 is 0 Å². The fraction of sp³-hybridized carbons (Fsp3) is 0.417. The van der Waals surface area contributed by atoms with Crippen LogP contribution in [0.1, 0.15) is 51.9 Å². The molecule has 158 valence electrons. The smallest absolute Gasteiger partial charge is 0.164 e. The van der Waals surface area contributed by atoms with Crippen molar-refractivity contribution in [3.8, 4) is 0 Å². The third kappa shape index (κ3) is 5.12. The van der Waals surface area contributed by atoms with E-state index in [1.54, 1.807) is 0 Å². The van der Waals surface area contributed by atoms with Gasteiger partial charge in [0.15, 0.2) is 12.6 Å². The molecular weight excluding hydrogens is 376 g/mol. The number of aromatic nitrogens is 2. The first-order valence-electron chi connectivity index (χ1n) is 10.3. The molecule has 0 bridgehead atoms. The van der Waals surface area contributed by atoms with Crippen molar-refractivity contribution < 1.29 is 9.59 Å². The Morgan fingerprint density at radius 3 is 2.23 bits per heavy atom. The van der Waals surface area contributed by atoms with E-state index in [-0.39, 0.29) is 16.9 Å². The van der Waals surface area contributed by atoms with Gasteiger partial charge in [0.25, 0.3) is 0 Å². The Hall–Kier alpha value is -3.02. The number of H-pyrrole nitrogens is 2. The first-order chi connectivity index (χ1) is 14.2. The quantitative estimate of drug-likeness (QED) is 0.720. The van der Waals surface area contributed by atoms with Gasteiger partial charge in [-0.25, -0.2) is 0 Å². The number of aliphatic imine (C=N–C) groups is 2. The number of rotatable bonds is 5. The Labute approximate surface area is 177 Å². The Kier molecular flexibility index (Phi) is 6.34. The van der Waals surface area contributed by atoms with E-state index in [1.165, 1.54) is 5.69 Å². The van der Waals surface area contributed by atoms with Gasteiger partial charge in [-0.1, -0.05) is 27.7 Å². The van der Waals surface area contributed by atoms with Gasteiger partial charge in [0.05, 0.1) is 17.5 Å². The Morgan fingerprint density at radius 1 is 1.00 bits per heavy atom. The summed E-state index contributed by atoms with van der Waals surface area (Å²) in [7, 11) is 0. The highest BCUT2D eigenvalue weighted by Crippen LogP contribution is 2.38. The molecule has 4 heterocycles. The predicted octanol–water partition coefficient (Wildman–Crippen LogP) is 4.42.